The van der Waals surface area contributed by atoms with E-state index in [2.05, 4.69) is 247 Å². The van der Waals surface area contributed by atoms with Crippen LogP contribution in [0.5, 0.6) is 0 Å². The lowest BCUT2D eigenvalue weighted by Gasteiger charge is -2.31. The molecule has 1 nitrogen and oxygen atoms in total. The van der Waals surface area contributed by atoms with E-state index in [1.165, 1.54) is 97.0 Å². The van der Waals surface area contributed by atoms with Gasteiger partial charge in [0, 0.05) is 31.3 Å². The number of hydrogen-bond acceptors (Lipinski definition) is 2. The van der Waals surface area contributed by atoms with Crippen molar-refractivity contribution in [3.8, 4) is 33.4 Å². The maximum atomic E-state index is 2.56. The molecule has 1 aromatic heterocycles. The number of benzene rings is 10. The van der Waals surface area contributed by atoms with Crippen LogP contribution in [0.4, 0.5) is 17.1 Å². The average molecular weight is 842 g/mol. The zero-order valence-electron chi connectivity index (χ0n) is 37.4. The van der Waals surface area contributed by atoms with E-state index in [1.54, 1.807) is 0 Å². The van der Waals surface area contributed by atoms with Gasteiger partial charge in [-0.2, -0.15) is 0 Å². The van der Waals surface area contributed by atoms with Gasteiger partial charge in [0.15, 0.2) is 0 Å². The second-order valence-corrected chi connectivity index (χ2v) is 20.4. The van der Waals surface area contributed by atoms with E-state index in [1.807, 2.05) is 11.3 Å². The Hall–Kier alpha value is -7.00. The highest BCUT2D eigenvalue weighted by Crippen LogP contribution is 2.51. The Morgan fingerprint density at radius 1 is 0.328 bits per heavy atom. The summed E-state index contributed by atoms with van der Waals surface area (Å²) >= 11 is 1.87. The Morgan fingerprint density at radius 2 is 0.828 bits per heavy atom. The van der Waals surface area contributed by atoms with E-state index in [0.29, 0.717) is 0 Å². The van der Waals surface area contributed by atoms with Crippen molar-refractivity contribution in [1.29, 1.82) is 0 Å². The molecule has 0 N–H and O–H groups in total. The number of thiophene rings is 1. The first-order valence-electron chi connectivity index (χ1n) is 22.5. The topological polar surface area (TPSA) is 3.24 Å². The molecule has 0 spiro atoms. The van der Waals surface area contributed by atoms with Crippen molar-refractivity contribution < 1.29 is 0 Å². The SMILES string of the molecule is CC(C)(C)c1cc(-c2cccc3cccc(-c4ccccc4N(c4ccccc4-c4cccc5c4ccc4ccccc45)c4cccc5sc6ccccc6c45)c23)cc(C(C)(C)C)c1. The molecule has 0 bridgehead atoms. The second kappa shape index (κ2) is 15.4. The summed E-state index contributed by atoms with van der Waals surface area (Å²) in [5.41, 5.74) is 13.4. The molecule has 0 fully saturated rings. The fourth-order valence-electron chi connectivity index (χ4n) is 9.85. The molecule has 310 valence electrons. The first-order valence-corrected chi connectivity index (χ1v) is 23.3. The molecule has 11 aromatic rings. The normalized spacial score (nSPS) is 12.2. The first-order chi connectivity index (χ1) is 31.0. The van der Waals surface area contributed by atoms with E-state index in [-0.39, 0.29) is 10.8 Å². The van der Waals surface area contributed by atoms with E-state index >= 15 is 0 Å². The molecule has 0 amide bonds. The van der Waals surface area contributed by atoms with Gasteiger partial charge in [0.05, 0.1) is 17.1 Å². The molecule has 1 heterocycles. The third kappa shape index (κ3) is 6.76. The van der Waals surface area contributed by atoms with Gasteiger partial charge in [-0.15, -0.1) is 11.3 Å². The standard InChI is InChI=1S/C62H51NS/c1-61(2,3)43-37-42(38-44(39-43)62(4,5)6)46-26-15-20-41-21-16-29-52(59(41)46)51-24-10-13-31-55(51)63(56-32-18-34-58-60(56)53-25-11-14-33-57(53)64-58)54-30-12-9-23-50(54)48-28-17-27-47-45-22-8-7-19-40(45)35-36-49(47)48/h7-39H,1-6H3. The van der Waals surface area contributed by atoms with Gasteiger partial charge in [0.1, 0.15) is 0 Å². The summed E-state index contributed by atoms with van der Waals surface area (Å²) in [6.45, 7) is 14.0. The average Bonchev–Trinajstić information content (AvgIpc) is 3.70. The minimum atomic E-state index is -0.00601. The zero-order chi connectivity index (χ0) is 43.7. The van der Waals surface area contributed by atoms with Gasteiger partial charge in [-0.1, -0.05) is 211 Å². The highest BCUT2D eigenvalue weighted by atomic mass is 32.1. The number of nitrogens with zero attached hydrogens (tertiary/aromatic N) is 1. The van der Waals surface area contributed by atoms with E-state index in [0.717, 1.165) is 17.1 Å². The van der Waals surface area contributed by atoms with Crippen molar-refractivity contribution in [2.24, 2.45) is 0 Å². The third-order valence-corrected chi connectivity index (χ3v) is 14.3. The van der Waals surface area contributed by atoms with Crippen LogP contribution in [0.25, 0.3) is 85.9 Å². The number of anilines is 3. The fraction of sp³-hybridized carbons (Fsp3) is 0.129. The van der Waals surface area contributed by atoms with Gasteiger partial charge in [0.2, 0.25) is 0 Å². The maximum Gasteiger partial charge on any atom is 0.0555 e. The first kappa shape index (κ1) is 39.8. The van der Waals surface area contributed by atoms with Crippen LogP contribution in [0, 0.1) is 0 Å². The highest BCUT2D eigenvalue weighted by molar-refractivity contribution is 7.26. The Kier molecular flexibility index (Phi) is 9.56. The second-order valence-electron chi connectivity index (χ2n) is 19.3. The lowest BCUT2D eigenvalue weighted by atomic mass is 9.78. The minimum Gasteiger partial charge on any atom is -0.309 e. The van der Waals surface area contributed by atoms with Gasteiger partial charge in [-0.05, 0) is 107 Å². The van der Waals surface area contributed by atoms with Gasteiger partial charge < -0.3 is 4.90 Å². The Labute approximate surface area is 380 Å². The molecule has 0 unspecified atom stereocenters. The highest BCUT2D eigenvalue weighted by Gasteiger charge is 2.26. The molecule has 0 aliphatic carbocycles. The van der Waals surface area contributed by atoms with Crippen molar-refractivity contribution in [3.05, 3.63) is 211 Å². The summed E-state index contributed by atoms with van der Waals surface area (Å²) in [5.74, 6) is 0. The lowest BCUT2D eigenvalue weighted by Crippen LogP contribution is -2.16. The molecule has 11 rings (SSSR count). The fourth-order valence-corrected chi connectivity index (χ4v) is 11.0. The molecule has 0 atom stereocenters. The third-order valence-electron chi connectivity index (χ3n) is 13.2. The molecular weight excluding hydrogens is 791 g/mol. The molecule has 2 heteroatoms. The van der Waals surface area contributed by atoms with Crippen LogP contribution in [0.2, 0.25) is 0 Å². The number of rotatable bonds is 6. The number of fused-ring (bicyclic) bond motifs is 7. The van der Waals surface area contributed by atoms with Crippen LogP contribution in [0.1, 0.15) is 52.7 Å². The molecule has 64 heavy (non-hydrogen) atoms. The van der Waals surface area contributed by atoms with Crippen LogP contribution < -0.4 is 4.90 Å². The Morgan fingerprint density at radius 3 is 1.55 bits per heavy atom. The lowest BCUT2D eigenvalue weighted by molar-refractivity contribution is 0.569. The molecule has 10 aromatic carbocycles. The zero-order valence-corrected chi connectivity index (χ0v) is 38.2. The maximum absolute atomic E-state index is 2.56. The van der Waals surface area contributed by atoms with Gasteiger partial charge in [0.25, 0.3) is 0 Å². The summed E-state index contributed by atoms with van der Waals surface area (Å²) in [7, 11) is 0. The van der Waals surface area contributed by atoms with Gasteiger partial charge in [-0.3, -0.25) is 0 Å². The van der Waals surface area contributed by atoms with Crippen LogP contribution in [0.3, 0.4) is 0 Å². The molecule has 0 saturated carbocycles. The van der Waals surface area contributed by atoms with Crippen molar-refractivity contribution in [2.45, 2.75) is 52.4 Å². The van der Waals surface area contributed by atoms with Crippen molar-refractivity contribution >= 4 is 80.9 Å². The van der Waals surface area contributed by atoms with Crippen molar-refractivity contribution in [3.63, 3.8) is 0 Å². The Balaban J connectivity index is 1.21. The molecule has 0 aliphatic heterocycles. The summed E-state index contributed by atoms with van der Waals surface area (Å²) in [5, 5.41) is 10.1. The van der Waals surface area contributed by atoms with E-state index in [9.17, 15) is 0 Å². The molecule has 0 saturated heterocycles. The van der Waals surface area contributed by atoms with Crippen LogP contribution in [-0.4, -0.2) is 0 Å². The number of para-hydroxylation sites is 2. The van der Waals surface area contributed by atoms with E-state index in [4.69, 9.17) is 0 Å². The molecule has 0 radical (unpaired) electrons. The smallest absolute Gasteiger partial charge is 0.0555 e. The van der Waals surface area contributed by atoms with Gasteiger partial charge >= 0.3 is 0 Å². The molecule has 0 aliphatic rings. The van der Waals surface area contributed by atoms with Crippen LogP contribution in [-0.2, 0) is 10.8 Å². The quantitative estimate of drug-likeness (QED) is 0.151. The van der Waals surface area contributed by atoms with Crippen molar-refractivity contribution in [1.82, 2.24) is 0 Å². The largest absolute Gasteiger partial charge is 0.309 e. The van der Waals surface area contributed by atoms with Crippen LogP contribution >= 0.6 is 11.3 Å². The summed E-state index contributed by atoms with van der Waals surface area (Å²) in [6.07, 6.45) is 0. The summed E-state index contributed by atoms with van der Waals surface area (Å²) < 4.78 is 2.56. The molecular formula is C62H51NS. The summed E-state index contributed by atoms with van der Waals surface area (Å²) in [6, 6.07) is 74.9. The number of hydrogen-bond donors (Lipinski definition) is 0. The Bertz CT molecular complexity index is 3550. The van der Waals surface area contributed by atoms with Crippen LogP contribution in [0.15, 0.2) is 200 Å². The van der Waals surface area contributed by atoms with Gasteiger partial charge in [-0.25, -0.2) is 0 Å². The van der Waals surface area contributed by atoms with Crippen molar-refractivity contribution in [2.75, 3.05) is 4.90 Å². The predicted molar refractivity (Wildman–Crippen MR) is 280 cm³/mol. The van der Waals surface area contributed by atoms with E-state index < -0.39 is 0 Å². The minimum absolute atomic E-state index is 0.00601. The monoisotopic (exact) mass is 841 g/mol. The predicted octanol–water partition coefficient (Wildman–Crippen LogP) is 18.6. The summed E-state index contributed by atoms with van der Waals surface area (Å²) in [4.78, 5) is 2.56.